The predicted molar refractivity (Wildman–Crippen MR) is 76.2 cm³/mol. The fourth-order valence-electron chi connectivity index (χ4n) is 2.07. The Kier molecular flexibility index (Phi) is 4.47. The maximum atomic E-state index is 12.5. The molecule has 1 unspecified atom stereocenters. The molecule has 1 N–H and O–H groups in total. The van der Waals surface area contributed by atoms with E-state index in [9.17, 15) is 4.79 Å². The van der Waals surface area contributed by atoms with Gasteiger partial charge in [-0.1, -0.05) is 0 Å². The van der Waals surface area contributed by atoms with Gasteiger partial charge in [0.25, 0.3) is 5.91 Å². The van der Waals surface area contributed by atoms with Crippen molar-refractivity contribution in [2.75, 3.05) is 30.4 Å². The van der Waals surface area contributed by atoms with Crippen molar-refractivity contribution in [3.63, 3.8) is 0 Å². The van der Waals surface area contributed by atoms with E-state index in [-0.39, 0.29) is 5.91 Å². The van der Waals surface area contributed by atoms with Crippen LogP contribution >= 0.6 is 11.8 Å². The van der Waals surface area contributed by atoms with Crippen molar-refractivity contribution in [3.8, 4) is 0 Å². The van der Waals surface area contributed by atoms with Gasteiger partial charge in [-0.05, 0) is 31.2 Å². The monoisotopic (exact) mass is 265 g/mol. The molecule has 0 bridgehead atoms. The summed E-state index contributed by atoms with van der Waals surface area (Å²) in [5.41, 5.74) is 0.666. The Morgan fingerprint density at radius 3 is 3.17 bits per heavy atom. The number of amides is 1. The van der Waals surface area contributed by atoms with Crippen LogP contribution in [0.25, 0.3) is 0 Å². The number of pyridine rings is 1. The molecule has 1 atom stereocenters. The number of nitrogens with zero attached hydrogens (tertiary/aromatic N) is 2. The van der Waals surface area contributed by atoms with Crippen molar-refractivity contribution in [2.24, 2.45) is 0 Å². The summed E-state index contributed by atoms with van der Waals surface area (Å²) in [6.45, 7) is 2.76. The number of hydrogen-bond donors (Lipinski definition) is 1. The van der Waals surface area contributed by atoms with E-state index in [1.54, 1.807) is 6.20 Å². The summed E-state index contributed by atoms with van der Waals surface area (Å²) < 4.78 is 0. The topological polar surface area (TPSA) is 45.2 Å². The molecule has 2 heterocycles. The number of thioether (sulfide) groups is 1. The zero-order valence-corrected chi connectivity index (χ0v) is 11.7. The second-order valence-electron chi connectivity index (χ2n) is 4.36. The molecule has 18 heavy (non-hydrogen) atoms. The van der Waals surface area contributed by atoms with Crippen LogP contribution in [0.3, 0.4) is 0 Å². The number of rotatable bonds is 4. The minimum absolute atomic E-state index is 0.0616. The summed E-state index contributed by atoms with van der Waals surface area (Å²) in [6.07, 6.45) is 2.80. The Labute approximate surface area is 112 Å². The molecule has 0 aliphatic carbocycles. The minimum Gasteiger partial charge on any atom is -0.370 e. The van der Waals surface area contributed by atoms with E-state index in [4.69, 9.17) is 0 Å². The highest BCUT2D eigenvalue weighted by Gasteiger charge is 2.26. The van der Waals surface area contributed by atoms with Gasteiger partial charge in [0.05, 0.1) is 5.56 Å². The van der Waals surface area contributed by atoms with Crippen LogP contribution < -0.4 is 5.32 Å². The fourth-order valence-corrected chi connectivity index (χ4v) is 3.34. The standard InChI is InChI=1S/C13H19N3OS/c1-3-14-12-11(5-4-7-15-12)13(17)16(2)10-6-8-18-9-10/h4-5,7,10H,3,6,8-9H2,1-2H3,(H,14,15). The third kappa shape index (κ3) is 2.77. The Balaban J connectivity index is 2.16. The third-order valence-corrected chi connectivity index (χ3v) is 4.30. The molecule has 0 aromatic carbocycles. The van der Waals surface area contributed by atoms with Gasteiger partial charge in [0, 0.05) is 31.6 Å². The summed E-state index contributed by atoms with van der Waals surface area (Å²) in [4.78, 5) is 18.6. The van der Waals surface area contributed by atoms with Gasteiger partial charge in [0.1, 0.15) is 5.82 Å². The molecular weight excluding hydrogens is 246 g/mol. The normalized spacial score (nSPS) is 18.7. The fraction of sp³-hybridized carbons (Fsp3) is 0.538. The van der Waals surface area contributed by atoms with Gasteiger partial charge in [-0.3, -0.25) is 4.79 Å². The van der Waals surface area contributed by atoms with Crippen LogP contribution in [0, 0.1) is 0 Å². The van der Waals surface area contributed by atoms with Gasteiger partial charge >= 0.3 is 0 Å². The van der Waals surface area contributed by atoms with Gasteiger partial charge in [0.15, 0.2) is 0 Å². The van der Waals surface area contributed by atoms with Crippen LogP contribution in [-0.2, 0) is 0 Å². The maximum Gasteiger partial charge on any atom is 0.257 e. The molecule has 4 nitrogen and oxygen atoms in total. The molecule has 98 valence electrons. The highest BCUT2D eigenvalue weighted by molar-refractivity contribution is 7.99. The predicted octanol–water partition coefficient (Wildman–Crippen LogP) is 2.09. The zero-order valence-electron chi connectivity index (χ0n) is 10.8. The molecule has 2 rings (SSSR count). The van der Waals surface area contributed by atoms with E-state index in [1.165, 1.54) is 0 Å². The number of nitrogens with one attached hydrogen (secondary N) is 1. The first-order chi connectivity index (χ1) is 8.74. The molecule has 1 aromatic heterocycles. The average Bonchev–Trinajstić information content (AvgIpc) is 2.92. The van der Waals surface area contributed by atoms with E-state index in [1.807, 2.05) is 42.8 Å². The van der Waals surface area contributed by atoms with E-state index in [0.717, 1.165) is 24.5 Å². The molecule has 0 radical (unpaired) electrons. The van der Waals surface area contributed by atoms with Crippen molar-refractivity contribution in [3.05, 3.63) is 23.9 Å². The van der Waals surface area contributed by atoms with Crippen molar-refractivity contribution >= 4 is 23.5 Å². The molecule has 0 spiro atoms. The van der Waals surface area contributed by atoms with E-state index >= 15 is 0 Å². The lowest BCUT2D eigenvalue weighted by atomic mass is 10.1. The first-order valence-electron chi connectivity index (χ1n) is 6.27. The molecule has 0 saturated carbocycles. The molecular formula is C13H19N3OS. The second-order valence-corrected chi connectivity index (χ2v) is 5.51. The molecule has 1 aliphatic rings. The van der Waals surface area contributed by atoms with Gasteiger partial charge < -0.3 is 10.2 Å². The lowest BCUT2D eigenvalue weighted by Gasteiger charge is -2.24. The quantitative estimate of drug-likeness (QED) is 0.905. The molecule has 1 amide bonds. The first-order valence-corrected chi connectivity index (χ1v) is 7.43. The van der Waals surface area contributed by atoms with E-state index in [0.29, 0.717) is 17.4 Å². The zero-order chi connectivity index (χ0) is 13.0. The number of anilines is 1. The lowest BCUT2D eigenvalue weighted by molar-refractivity contribution is 0.0748. The molecule has 1 saturated heterocycles. The first kappa shape index (κ1) is 13.2. The largest absolute Gasteiger partial charge is 0.370 e. The van der Waals surface area contributed by atoms with Gasteiger partial charge in [0.2, 0.25) is 0 Å². The van der Waals surface area contributed by atoms with Crippen molar-refractivity contribution in [1.29, 1.82) is 0 Å². The van der Waals surface area contributed by atoms with Crippen molar-refractivity contribution in [1.82, 2.24) is 9.88 Å². The summed E-state index contributed by atoms with van der Waals surface area (Å²) in [5.74, 6) is 2.93. The Bertz CT molecular complexity index is 418. The third-order valence-electron chi connectivity index (χ3n) is 3.16. The summed E-state index contributed by atoms with van der Waals surface area (Å²) >= 11 is 1.91. The summed E-state index contributed by atoms with van der Waals surface area (Å²) in [7, 11) is 1.89. The lowest BCUT2D eigenvalue weighted by Crippen LogP contribution is -2.37. The van der Waals surface area contributed by atoms with E-state index < -0.39 is 0 Å². The molecule has 1 fully saturated rings. The summed E-state index contributed by atoms with van der Waals surface area (Å²) in [6, 6.07) is 4.01. The number of carbonyl (C=O) groups excluding carboxylic acids is 1. The highest BCUT2D eigenvalue weighted by atomic mass is 32.2. The SMILES string of the molecule is CCNc1ncccc1C(=O)N(C)C1CCSC1. The van der Waals surface area contributed by atoms with Gasteiger partial charge in [-0.15, -0.1) is 0 Å². The van der Waals surface area contributed by atoms with Crippen LogP contribution in [0.1, 0.15) is 23.7 Å². The van der Waals surface area contributed by atoms with Crippen LogP contribution in [0.4, 0.5) is 5.82 Å². The average molecular weight is 265 g/mol. The number of carbonyl (C=O) groups is 1. The Morgan fingerprint density at radius 1 is 1.67 bits per heavy atom. The van der Waals surface area contributed by atoms with Gasteiger partial charge in [-0.25, -0.2) is 4.98 Å². The number of aromatic nitrogens is 1. The second kappa shape index (κ2) is 6.09. The number of hydrogen-bond acceptors (Lipinski definition) is 4. The Morgan fingerprint density at radius 2 is 2.50 bits per heavy atom. The van der Waals surface area contributed by atoms with E-state index in [2.05, 4.69) is 10.3 Å². The Hall–Kier alpha value is -1.23. The van der Waals surface area contributed by atoms with Crippen LogP contribution in [0.2, 0.25) is 0 Å². The summed E-state index contributed by atoms with van der Waals surface area (Å²) in [5, 5.41) is 3.14. The van der Waals surface area contributed by atoms with Crippen LogP contribution in [0.15, 0.2) is 18.3 Å². The minimum atomic E-state index is 0.0616. The van der Waals surface area contributed by atoms with Crippen LogP contribution in [-0.4, -0.2) is 46.9 Å². The van der Waals surface area contributed by atoms with Crippen LogP contribution in [0.5, 0.6) is 0 Å². The molecule has 1 aliphatic heterocycles. The molecule has 5 heteroatoms. The van der Waals surface area contributed by atoms with Crippen molar-refractivity contribution in [2.45, 2.75) is 19.4 Å². The van der Waals surface area contributed by atoms with Gasteiger partial charge in [-0.2, -0.15) is 11.8 Å². The molecule has 1 aromatic rings. The van der Waals surface area contributed by atoms with Crippen molar-refractivity contribution < 1.29 is 4.79 Å². The highest BCUT2D eigenvalue weighted by Crippen LogP contribution is 2.23. The maximum absolute atomic E-state index is 12.5. The smallest absolute Gasteiger partial charge is 0.257 e.